The van der Waals surface area contributed by atoms with Crippen LogP contribution in [0, 0.1) is 25.2 Å². The van der Waals surface area contributed by atoms with E-state index in [0.717, 1.165) is 5.69 Å². The van der Waals surface area contributed by atoms with E-state index >= 15 is 0 Å². The Morgan fingerprint density at radius 3 is 2.64 bits per heavy atom. The number of hydrogen-bond acceptors (Lipinski definition) is 4. The van der Waals surface area contributed by atoms with E-state index in [9.17, 15) is 5.11 Å². The van der Waals surface area contributed by atoms with Gasteiger partial charge < -0.3 is 5.11 Å². The van der Waals surface area contributed by atoms with Crippen LogP contribution in [0.5, 0.6) is 0 Å². The SMILES string of the molecule is [B]c1ccc(C(O)c2c(C)nn(-c3ccc(C#N)c(Cl)c3)c2C)nc1. The van der Waals surface area contributed by atoms with Crippen molar-refractivity contribution < 1.29 is 5.11 Å². The van der Waals surface area contributed by atoms with Crippen LogP contribution < -0.4 is 5.46 Å². The number of nitriles is 1. The van der Waals surface area contributed by atoms with Crippen LogP contribution in [0.15, 0.2) is 36.5 Å². The molecule has 3 rings (SSSR count). The first-order chi connectivity index (χ1) is 11.9. The maximum atomic E-state index is 10.7. The van der Waals surface area contributed by atoms with E-state index in [4.69, 9.17) is 24.7 Å². The lowest BCUT2D eigenvalue weighted by Gasteiger charge is -2.12. The first-order valence-electron chi connectivity index (χ1n) is 7.58. The van der Waals surface area contributed by atoms with Gasteiger partial charge in [-0.15, -0.1) is 0 Å². The minimum atomic E-state index is -0.914. The number of nitrogens with zero attached hydrogens (tertiary/aromatic N) is 4. The quantitative estimate of drug-likeness (QED) is 0.737. The molecule has 1 unspecified atom stereocenters. The molecule has 25 heavy (non-hydrogen) atoms. The van der Waals surface area contributed by atoms with E-state index < -0.39 is 6.10 Å². The fourth-order valence-electron chi connectivity index (χ4n) is 2.75. The van der Waals surface area contributed by atoms with Crippen molar-refractivity contribution in [3.8, 4) is 11.8 Å². The predicted octanol–water partition coefficient (Wildman–Crippen LogP) is 2.28. The van der Waals surface area contributed by atoms with Gasteiger partial charge in [0.15, 0.2) is 0 Å². The third kappa shape index (κ3) is 3.17. The third-order valence-electron chi connectivity index (χ3n) is 4.03. The largest absolute Gasteiger partial charge is 0.382 e. The maximum absolute atomic E-state index is 10.7. The van der Waals surface area contributed by atoms with Gasteiger partial charge in [-0.1, -0.05) is 23.1 Å². The molecule has 1 aromatic carbocycles. The van der Waals surface area contributed by atoms with Crippen molar-refractivity contribution >= 4 is 24.9 Å². The summed E-state index contributed by atoms with van der Waals surface area (Å²) in [6.07, 6.45) is 0.594. The highest BCUT2D eigenvalue weighted by molar-refractivity contribution is 6.32. The van der Waals surface area contributed by atoms with Gasteiger partial charge >= 0.3 is 0 Å². The summed E-state index contributed by atoms with van der Waals surface area (Å²) >= 11 is 6.12. The number of hydrogen-bond donors (Lipinski definition) is 1. The standard InChI is InChI=1S/C18H14BClN4O/c1-10-17(18(25)16-6-4-13(19)9-22-16)11(2)24(23-10)14-5-3-12(8-21)15(20)7-14/h3-7,9,18,25H,1-2H3. The van der Waals surface area contributed by atoms with Gasteiger partial charge in [-0.3, -0.25) is 4.98 Å². The molecule has 0 saturated heterocycles. The number of aromatic nitrogens is 3. The second kappa shape index (κ2) is 6.71. The predicted molar refractivity (Wildman–Crippen MR) is 96.4 cm³/mol. The zero-order valence-electron chi connectivity index (χ0n) is 13.7. The van der Waals surface area contributed by atoms with Gasteiger partial charge in [-0.2, -0.15) is 10.4 Å². The summed E-state index contributed by atoms with van der Waals surface area (Å²) in [5.74, 6) is 0. The molecule has 1 atom stereocenters. The van der Waals surface area contributed by atoms with Gasteiger partial charge in [-0.05, 0) is 38.1 Å². The summed E-state index contributed by atoms with van der Waals surface area (Å²) in [7, 11) is 5.65. The van der Waals surface area contributed by atoms with E-state index in [1.54, 1.807) is 35.0 Å². The number of benzene rings is 1. The summed E-state index contributed by atoms with van der Waals surface area (Å²) in [4.78, 5) is 4.19. The zero-order valence-corrected chi connectivity index (χ0v) is 14.5. The molecule has 1 N–H and O–H groups in total. The molecule has 0 aliphatic carbocycles. The van der Waals surface area contributed by atoms with Crippen molar-refractivity contribution in [2.45, 2.75) is 20.0 Å². The molecule has 2 heterocycles. The summed E-state index contributed by atoms with van der Waals surface area (Å²) in [6.45, 7) is 3.69. The molecule has 0 aliphatic rings. The molecule has 2 radical (unpaired) electrons. The van der Waals surface area contributed by atoms with Gasteiger partial charge in [0, 0.05) is 17.5 Å². The Labute approximate surface area is 151 Å². The highest BCUT2D eigenvalue weighted by atomic mass is 35.5. The van der Waals surface area contributed by atoms with Crippen LogP contribution in [-0.2, 0) is 0 Å². The van der Waals surface area contributed by atoms with Crippen LogP contribution in [0.3, 0.4) is 0 Å². The second-order valence-electron chi connectivity index (χ2n) is 5.69. The lowest BCUT2D eigenvalue weighted by molar-refractivity contribution is 0.214. The number of aliphatic hydroxyl groups excluding tert-OH is 1. The number of aliphatic hydroxyl groups is 1. The molecule has 0 bridgehead atoms. The zero-order chi connectivity index (χ0) is 18.1. The first-order valence-corrected chi connectivity index (χ1v) is 7.95. The van der Waals surface area contributed by atoms with Crippen molar-refractivity contribution in [1.29, 1.82) is 5.26 Å². The normalized spacial score (nSPS) is 12.0. The van der Waals surface area contributed by atoms with Crippen molar-refractivity contribution in [3.05, 3.63) is 69.8 Å². The monoisotopic (exact) mass is 348 g/mol. The molecule has 3 aromatic rings. The number of pyridine rings is 1. The van der Waals surface area contributed by atoms with Crippen LogP contribution in [0.1, 0.15) is 34.3 Å². The molecular weight excluding hydrogens is 334 g/mol. The third-order valence-corrected chi connectivity index (χ3v) is 4.34. The minimum Gasteiger partial charge on any atom is -0.382 e. The fraction of sp³-hybridized carbons (Fsp3) is 0.167. The van der Waals surface area contributed by atoms with Crippen LogP contribution in [0.4, 0.5) is 0 Å². The Bertz CT molecular complexity index is 976. The Hall–Kier alpha value is -2.62. The van der Waals surface area contributed by atoms with Crippen molar-refractivity contribution in [2.75, 3.05) is 0 Å². The molecule has 0 saturated carbocycles. The number of rotatable bonds is 3. The molecular formula is C18H14BClN4O. The molecule has 0 spiro atoms. The van der Waals surface area contributed by atoms with Gasteiger partial charge in [0.05, 0.1) is 27.7 Å². The van der Waals surface area contributed by atoms with Crippen LogP contribution >= 0.6 is 11.6 Å². The van der Waals surface area contributed by atoms with Crippen LogP contribution in [0.2, 0.25) is 5.02 Å². The summed E-state index contributed by atoms with van der Waals surface area (Å²) < 4.78 is 1.69. The van der Waals surface area contributed by atoms with Crippen molar-refractivity contribution in [2.24, 2.45) is 0 Å². The lowest BCUT2D eigenvalue weighted by Crippen LogP contribution is -2.09. The topological polar surface area (TPSA) is 74.7 Å². The number of aryl methyl sites for hydroxylation is 1. The Balaban J connectivity index is 2.05. The highest BCUT2D eigenvalue weighted by Crippen LogP contribution is 2.29. The summed E-state index contributed by atoms with van der Waals surface area (Å²) in [5, 5.41) is 24.6. The van der Waals surface area contributed by atoms with Crippen molar-refractivity contribution in [1.82, 2.24) is 14.8 Å². The van der Waals surface area contributed by atoms with Crippen LogP contribution in [-0.4, -0.2) is 27.7 Å². The molecule has 5 nitrogen and oxygen atoms in total. The summed E-state index contributed by atoms with van der Waals surface area (Å²) in [6, 6.07) is 10.5. The minimum absolute atomic E-state index is 0.356. The van der Waals surface area contributed by atoms with E-state index in [2.05, 4.69) is 10.1 Å². The average Bonchev–Trinajstić information content (AvgIpc) is 2.89. The van der Waals surface area contributed by atoms with Crippen LogP contribution in [0.25, 0.3) is 5.69 Å². The van der Waals surface area contributed by atoms with E-state index in [-0.39, 0.29) is 0 Å². The average molecular weight is 349 g/mol. The highest BCUT2D eigenvalue weighted by Gasteiger charge is 2.22. The number of halogens is 1. The maximum Gasteiger partial charge on any atom is 0.125 e. The molecule has 122 valence electrons. The summed E-state index contributed by atoms with van der Waals surface area (Å²) in [5.41, 5.74) is 4.28. The smallest absolute Gasteiger partial charge is 0.125 e. The van der Waals surface area contributed by atoms with E-state index in [1.807, 2.05) is 19.9 Å². The van der Waals surface area contributed by atoms with E-state index in [0.29, 0.717) is 38.7 Å². The molecule has 0 fully saturated rings. The Kier molecular flexibility index (Phi) is 4.62. The van der Waals surface area contributed by atoms with Gasteiger partial charge in [0.2, 0.25) is 0 Å². The lowest BCUT2D eigenvalue weighted by atomic mass is 9.97. The Morgan fingerprint density at radius 1 is 1.28 bits per heavy atom. The molecule has 0 amide bonds. The fourth-order valence-corrected chi connectivity index (χ4v) is 2.97. The van der Waals surface area contributed by atoms with Gasteiger partial charge in [0.25, 0.3) is 0 Å². The van der Waals surface area contributed by atoms with Gasteiger partial charge in [-0.25, -0.2) is 4.68 Å². The van der Waals surface area contributed by atoms with E-state index in [1.165, 1.54) is 6.20 Å². The molecule has 7 heteroatoms. The second-order valence-corrected chi connectivity index (χ2v) is 6.10. The van der Waals surface area contributed by atoms with Crippen molar-refractivity contribution in [3.63, 3.8) is 0 Å². The first kappa shape index (κ1) is 17.2. The van der Waals surface area contributed by atoms with Gasteiger partial charge in [0.1, 0.15) is 20.0 Å². The molecule has 2 aromatic heterocycles. The Morgan fingerprint density at radius 2 is 2.04 bits per heavy atom. The molecule has 0 aliphatic heterocycles.